The molecule has 1 amide bonds. The van der Waals surface area contributed by atoms with Crippen LogP contribution < -0.4 is 5.32 Å². The smallest absolute Gasteiger partial charge is 0.230 e. The molecule has 1 aliphatic rings. The van der Waals surface area contributed by atoms with Crippen molar-refractivity contribution < 1.29 is 4.79 Å². The van der Waals surface area contributed by atoms with E-state index in [4.69, 9.17) is 0 Å². The summed E-state index contributed by atoms with van der Waals surface area (Å²) in [5.41, 5.74) is 0.923. The maximum absolute atomic E-state index is 12.7. The summed E-state index contributed by atoms with van der Waals surface area (Å²) in [7, 11) is 7.50. The van der Waals surface area contributed by atoms with Crippen LogP contribution in [-0.2, 0) is 11.3 Å². The predicted molar refractivity (Wildman–Crippen MR) is 107 cm³/mol. The van der Waals surface area contributed by atoms with E-state index in [9.17, 15) is 4.79 Å². The number of nitrogens with zero attached hydrogens (tertiary/aromatic N) is 3. The summed E-state index contributed by atoms with van der Waals surface area (Å²) in [6.07, 6.45) is 4.14. The minimum absolute atomic E-state index is 0.225. The largest absolute Gasteiger partial charge is 0.355 e. The molecule has 25 heavy (non-hydrogen) atoms. The second kappa shape index (κ2) is 8.70. The van der Waals surface area contributed by atoms with Crippen LogP contribution in [0, 0.1) is 5.41 Å². The normalized spacial score (nSPS) is 16.6. The third-order valence-electron chi connectivity index (χ3n) is 4.91. The summed E-state index contributed by atoms with van der Waals surface area (Å²) in [4.78, 5) is 20.9. The third kappa shape index (κ3) is 4.97. The van der Waals surface area contributed by atoms with Crippen molar-refractivity contribution in [2.75, 3.05) is 34.7 Å². The monoisotopic (exact) mass is 408 g/mol. The van der Waals surface area contributed by atoms with Crippen molar-refractivity contribution in [2.24, 2.45) is 10.4 Å². The molecule has 0 radical (unpaired) electrons. The van der Waals surface area contributed by atoms with Crippen LogP contribution in [0.4, 0.5) is 0 Å². The number of nitrogens with one attached hydrogen (secondary N) is 1. The lowest BCUT2D eigenvalue weighted by Crippen LogP contribution is -2.49. The second-order valence-corrected chi connectivity index (χ2v) is 7.99. The number of aliphatic imine (C=N–C) groups is 1. The zero-order valence-electron chi connectivity index (χ0n) is 15.7. The molecular formula is C19H29BrN4O. The third-order valence-corrected chi connectivity index (χ3v) is 5.44. The summed E-state index contributed by atoms with van der Waals surface area (Å²) >= 11 is 3.46. The van der Waals surface area contributed by atoms with Crippen LogP contribution in [0.5, 0.6) is 0 Å². The number of hydrogen-bond acceptors (Lipinski definition) is 2. The highest BCUT2D eigenvalue weighted by Crippen LogP contribution is 2.38. The number of hydrogen-bond donors (Lipinski definition) is 1. The lowest BCUT2D eigenvalue weighted by molar-refractivity contribution is -0.138. The van der Waals surface area contributed by atoms with Crippen LogP contribution in [0.2, 0.25) is 0 Å². The Hall–Kier alpha value is -1.56. The summed E-state index contributed by atoms with van der Waals surface area (Å²) in [5, 5.41) is 3.44. The van der Waals surface area contributed by atoms with E-state index in [0.29, 0.717) is 6.54 Å². The van der Waals surface area contributed by atoms with Gasteiger partial charge in [-0.05, 0) is 30.5 Å². The molecule has 2 rings (SSSR count). The van der Waals surface area contributed by atoms with E-state index in [0.717, 1.165) is 42.7 Å². The summed E-state index contributed by atoms with van der Waals surface area (Å²) in [6, 6.07) is 8.29. The van der Waals surface area contributed by atoms with Crippen LogP contribution in [0.1, 0.15) is 31.2 Å². The van der Waals surface area contributed by atoms with Crippen molar-refractivity contribution in [1.82, 2.24) is 15.1 Å². The van der Waals surface area contributed by atoms with Crippen LogP contribution in [-0.4, -0.2) is 56.4 Å². The van der Waals surface area contributed by atoms with Gasteiger partial charge < -0.3 is 15.1 Å². The van der Waals surface area contributed by atoms with Gasteiger partial charge in [0.05, 0.1) is 5.41 Å². The Kier molecular flexibility index (Phi) is 6.87. The van der Waals surface area contributed by atoms with Gasteiger partial charge in [-0.25, -0.2) is 0 Å². The van der Waals surface area contributed by atoms with Crippen molar-refractivity contribution in [3.05, 3.63) is 34.3 Å². The zero-order chi connectivity index (χ0) is 18.4. The zero-order valence-corrected chi connectivity index (χ0v) is 17.3. The molecule has 0 aliphatic heterocycles. The van der Waals surface area contributed by atoms with E-state index in [2.05, 4.69) is 43.3 Å². The highest BCUT2D eigenvalue weighted by Gasteiger charge is 2.42. The van der Waals surface area contributed by atoms with Crippen molar-refractivity contribution in [3.8, 4) is 0 Å². The molecule has 1 N–H and O–H groups in total. The van der Waals surface area contributed by atoms with E-state index in [1.54, 1.807) is 11.9 Å². The lowest BCUT2D eigenvalue weighted by Gasteiger charge is -2.32. The minimum Gasteiger partial charge on any atom is -0.355 e. The number of benzene rings is 1. The fourth-order valence-corrected chi connectivity index (χ4v) is 3.83. The van der Waals surface area contributed by atoms with Crippen molar-refractivity contribution in [2.45, 2.75) is 32.2 Å². The van der Waals surface area contributed by atoms with Gasteiger partial charge in [-0.2, -0.15) is 0 Å². The topological polar surface area (TPSA) is 47.9 Å². The molecule has 1 aromatic carbocycles. The molecule has 0 saturated heterocycles. The first-order chi connectivity index (χ1) is 11.9. The van der Waals surface area contributed by atoms with Gasteiger partial charge in [-0.1, -0.05) is 40.9 Å². The number of halogens is 1. The van der Waals surface area contributed by atoms with Gasteiger partial charge in [0.1, 0.15) is 0 Å². The molecule has 0 bridgehead atoms. The van der Waals surface area contributed by atoms with Crippen LogP contribution in [0.25, 0.3) is 0 Å². The van der Waals surface area contributed by atoms with E-state index in [-0.39, 0.29) is 11.3 Å². The molecule has 1 fully saturated rings. The first-order valence-electron chi connectivity index (χ1n) is 8.76. The van der Waals surface area contributed by atoms with Crippen molar-refractivity contribution in [1.29, 1.82) is 0 Å². The van der Waals surface area contributed by atoms with Crippen molar-refractivity contribution in [3.63, 3.8) is 0 Å². The molecular weight excluding hydrogens is 380 g/mol. The van der Waals surface area contributed by atoms with Gasteiger partial charge in [-0.3, -0.25) is 9.79 Å². The fourth-order valence-electron chi connectivity index (χ4n) is 3.56. The van der Waals surface area contributed by atoms with Crippen LogP contribution >= 0.6 is 15.9 Å². The molecule has 0 aromatic heterocycles. The van der Waals surface area contributed by atoms with E-state index >= 15 is 0 Å². The molecule has 0 atom stereocenters. The molecule has 6 heteroatoms. The molecule has 1 aromatic rings. The van der Waals surface area contributed by atoms with Gasteiger partial charge in [0.2, 0.25) is 5.91 Å². The van der Waals surface area contributed by atoms with E-state index < -0.39 is 0 Å². The highest BCUT2D eigenvalue weighted by atomic mass is 79.9. The Morgan fingerprint density at radius 1 is 1.20 bits per heavy atom. The Morgan fingerprint density at radius 3 is 2.32 bits per heavy atom. The van der Waals surface area contributed by atoms with Gasteiger partial charge in [0, 0.05) is 45.8 Å². The van der Waals surface area contributed by atoms with Crippen molar-refractivity contribution >= 4 is 27.8 Å². The minimum atomic E-state index is -0.294. The predicted octanol–water partition coefficient (Wildman–Crippen LogP) is 3.10. The number of carbonyl (C=O) groups is 1. The Labute approximate surface area is 159 Å². The quantitative estimate of drug-likeness (QED) is 0.601. The summed E-state index contributed by atoms with van der Waals surface area (Å²) < 4.78 is 1.08. The molecule has 1 aliphatic carbocycles. The molecule has 138 valence electrons. The fraction of sp³-hybridized carbons (Fsp3) is 0.579. The van der Waals surface area contributed by atoms with Crippen LogP contribution in [0.3, 0.4) is 0 Å². The lowest BCUT2D eigenvalue weighted by atomic mass is 9.84. The van der Waals surface area contributed by atoms with Gasteiger partial charge >= 0.3 is 0 Å². The Balaban J connectivity index is 2.00. The molecule has 5 nitrogen and oxygen atoms in total. The first-order valence-corrected chi connectivity index (χ1v) is 9.55. The Morgan fingerprint density at radius 2 is 1.80 bits per heavy atom. The van der Waals surface area contributed by atoms with Gasteiger partial charge in [-0.15, -0.1) is 0 Å². The molecule has 1 saturated carbocycles. The van der Waals surface area contributed by atoms with Gasteiger partial charge in [0.25, 0.3) is 0 Å². The second-order valence-electron chi connectivity index (χ2n) is 7.07. The first kappa shape index (κ1) is 19.8. The number of carbonyl (C=O) groups excluding carboxylic acids is 1. The molecule has 0 heterocycles. The molecule has 0 unspecified atom stereocenters. The highest BCUT2D eigenvalue weighted by molar-refractivity contribution is 9.10. The SMILES string of the molecule is CN=C(NCC1(C(=O)N(C)C)CCCC1)N(C)Cc1ccc(Br)cc1. The average Bonchev–Trinajstić information content (AvgIpc) is 3.06. The van der Waals surface area contributed by atoms with Gasteiger partial charge in [0.15, 0.2) is 5.96 Å². The number of rotatable bonds is 5. The Bertz CT molecular complexity index is 606. The number of guanidine groups is 1. The summed E-state index contributed by atoms with van der Waals surface area (Å²) in [6.45, 7) is 1.41. The van der Waals surface area contributed by atoms with Crippen LogP contribution in [0.15, 0.2) is 33.7 Å². The maximum Gasteiger partial charge on any atom is 0.230 e. The van der Waals surface area contributed by atoms with E-state index in [1.165, 1.54) is 5.56 Å². The molecule has 0 spiro atoms. The standard InChI is InChI=1S/C19H29BrN4O/c1-21-18(24(4)13-15-7-9-16(20)10-8-15)22-14-19(11-5-6-12-19)17(25)23(2)3/h7-10H,5-6,11-14H2,1-4H3,(H,21,22). The maximum atomic E-state index is 12.7. The number of amides is 1. The van der Waals surface area contributed by atoms with E-state index in [1.807, 2.05) is 33.3 Å². The average molecular weight is 409 g/mol. The summed E-state index contributed by atoms with van der Waals surface area (Å²) in [5.74, 6) is 1.05.